The lowest BCUT2D eigenvalue weighted by Gasteiger charge is -2.14. The number of amides is 1. The van der Waals surface area contributed by atoms with Crippen molar-refractivity contribution >= 4 is 5.91 Å². The van der Waals surface area contributed by atoms with Crippen LogP contribution in [0.3, 0.4) is 0 Å². The third-order valence-corrected chi connectivity index (χ3v) is 3.42. The van der Waals surface area contributed by atoms with Crippen molar-refractivity contribution in [1.82, 2.24) is 25.1 Å². The van der Waals surface area contributed by atoms with Crippen molar-refractivity contribution in [3.05, 3.63) is 45.4 Å². The van der Waals surface area contributed by atoms with Crippen molar-refractivity contribution in [2.75, 3.05) is 0 Å². The van der Waals surface area contributed by atoms with Gasteiger partial charge in [0, 0.05) is 17.8 Å². The lowest BCUT2D eigenvalue weighted by Crippen LogP contribution is -2.29. The van der Waals surface area contributed by atoms with Gasteiger partial charge in [0.15, 0.2) is 0 Å². The Kier molecular flexibility index (Phi) is 4.21. The molecule has 0 fully saturated rings. The summed E-state index contributed by atoms with van der Waals surface area (Å²) < 4.78 is 1.90. The number of nitrogens with zero attached hydrogens (tertiary/aromatic N) is 3. The van der Waals surface area contributed by atoms with Gasteiger partial charge in [-0.25, -0.2) is 0 Å². The first-order valence-corrected chi connectivity index (χ1v) is 6.83. The summed E-state index contributed by atoms with van der Waals surface area (Å²) in [5.41, 5.74) is 2.66. The van der Waals surface area contributed by atoms with Crippen LogP contribution in [0, 0.1) is 13.8 Å². The highest BCUT2D eigenvalue weighted by molar-refractivity contribution is 5.92. The van der Waals surface area contributed by atoms with Gasteiger partial charge in [0.1, 0.15) is 5.69 Å². The minimum atomic E-state index is -0.401. The molecule has 0 spiro atoms. The van der Waals surface area contributed by atoms with E-state index in [4.69, 9.17) is 0 Å². The molecular formula is C14H19N5O2. The van der Waals surface area contributed by atoms with Crippen molar-refractivity contribution in [1.29, 1.82) is 0 Å². The van der Waals surface area contributed by atoms with Crippen LogP contribution in [0.15, 0.2) is 17.2 Å². The normalized spacial score (nSPS) is 12.2. The molecule has 0 aliphatic carbocycles. The van der Waals surface area contributed by atoms with Gasteiger partial charge in [-0.05, 0) is 27.7 Å². The molecule has 2 N–H and O–H groups in total. The van der Waals surface area contributed by atoms with Gasteiger partial charge in [0.2, 0.25) is 0 Å². The number of aromatic nitrogens is 4. The van der Waals surface area contributed by atoms with Crippen LogP contribution in [0.25, 0.3) is 0 Å². The van der Waals surface area contributed by atoms with Crippen LogP contribution in [0.5, 0.6) is 0 Å². The molecule has 7 heteroatoms. The number of carbonyl (C=O) groups is 1. The fraction of sp³-hybridized carbons (Fsp3) is 0.429. The predicted octanol–water partition coefficient (Wildman–Crippen LogP) is 1.09. The number of hydrogen-bond acceptors (Lipinski definition) is 4. The maximum absolute atomic E-state index is 12.1. The number of aromatic amines is 1. The molecular weight excluding hydrogens is 270 g/mol. The van der Waals surface area contributed by atoms with E-state index in [0.717, 1.165) is 29.7 Å². The monoisotopic (exact) mass is 289 g/mol. The predicted molar refractivity (Wildman–Crippen MR) is 78.1 cm³/mol. The van der Waals surface area contributed by atoms with Gasteiger partial charge in [-0.3, -0.25) is 19.3 Å². The minimum Gasteiger partial charge on any atom is -0.344 e. The summed E-state index contributed by atoms with van der Waals surface area (Å²) >= 11 is 0. The number of H-pyrrole nitrogens is 1. The maximum atomic E-state index is 12.1. The van der Waals surface area contributed by atoms with Crippen molar-refractivity contribution < 1.29 is 4.79 Å². The highest BCUT2D eigenvalue weighted by atomic mass is 16.2. The fourth-order valence-electron chi connectivity index (χ4n) is 2.48. The van der Waals surface area contributed by atoms with Gasteiger partial charge in [-0.1, -0.05) is 0 Å². The van der Waals surface area contributed by atoms with E-state index < -0.39 is 5.56 Å². The molecule has 0 unspecified atom stereocenters. The Labute approximate surface area is 122 Å². The first-order valence-electron chi connectivity index (χ1n) is 6.83. The Bertz CT molecular complexity index is 716. The summed E-state index contributed by atoms with van der Waals surface area (Å²) in [5.74, 6) is -0.365. The summed E-state index contributed by atoms with van der Waals surface area (Å²) in [6, 6.07) is -0.207. The van der Waals surface area contributed by atoms with E-state index in [-0.39, 0.29) is 17.6 Å². The number of hydrogen-bond donors (Lipinski definition) is 2. The van der Waals surface area contributed by atoms with Crippen LogP contribution >= 0.6 is 0 Å². The van der Waals surface area contributed by atoms with Crippen molar-refractivity contribution in [3.63, 3.8) is 0 Å². The van der Waals surface area contributed by atoms with Crippen LogP contribution in [-0.2, 0) is 6.54 Å². The molecule has 2 aromatic rings. The van der Waals surface area contributed by atoms with E-state index in [2.05, 4.69) is 20.4 Å². The van der Waals surface area contributed by atoms with Gasteiger partial charge < -0.3 is 10.3 Å². The zero-order valence-electron chi connectivity index (χ0n) is 12.6. The Morgan fingerprint density at radius 1 is 1.43 bits per heavy atom. The Balaban J connectivity index is 2.22. The maximum Gasteiger partial charge on any atom is 0.269 e. The molecule has 0 aromatic carbocycles. The zero-order valence-corrected chi connectivity index (χ0v) is 12.6. The number of rotatable bonds is 4. The molecule has 0 saturated heterocycles. The Morgan fingerprint density at radius 3 is 2.71 bits per heavy atom. The van der Waals surface area contributed by atoms with Gasteiger partial charge in [0.25, 0.3) is 11.5 Å². The highest BCUT2D eigenvalue weighted by Crippen LogP contribution is 2.21. The lowest BCUT2D eigenvalue weighted by atomic mass is 10.1. The molecule has 0 aliphatic heterocycles. The van der Waals surface area contributed by atoms with E-state index >= 15 is 0 Å². The zero-order chi connectivity index (χ0) is 15.6. The molecule has 112 valence electrons. The Hall–Kier alpha value is -2.44. The standard InChI is InChI=1S/C14H19N5O2/c1-5-19-10(4)13(9(3)18-19)8(2)16-14(21)11-6-15-7-12(20)17-11/h6-8H,5H2,1-4H3,(H,16,21)(H,17,20)/t8-/m1/s1. The minimum absolute atomic E-state index is 0.146. The SMILES string of the molecule is CCn1nc(C)c([C@@H](C)NC(=O)c2cncc(=O)[nH]2)c1C. The molecule has 21 heavy (non-hydrogen) atoms. The molecule has 1 atom stereocenters. The number of nitrogens with one attached hydrogen (secondary N) is 2. The van der Waals surface area contributed by atoms with Crippen LogP contribution in [-0.4, -0.2) is 25.7 Å². The van der Waals surface area contributed by atoms with Gasteiger partial charge in [-0.15, -0.1) is 0 Å². The molecule has 2 rings (SSSR count). The van der Waals surface area contributed by atoms with E-state index in [9.17, 15) is 9.59 Å². The summed E-state index contributed by atoms with van der Waals surface area (Å²) in [7, 11) is 0. The summed E-state index contributed by atoms with van der Waals surface area (Å²) in [4.78, 5) is 29.5. The number of carbonyl (C=O) groups excluding carboxylic acids is 1. The molecule has 0 saturated carbocycles. The van der Waals surface area contributed by atoms with E-state index in [0.29, 0.717) is 0 Å². The molecule has 1 amide bonds. The van der Waals surface area contributed by atoms with E-state index in [1.807, 2.05) is 32.4 Å². The third kappa shape index (κ3) is 3.01. The largest absolute Gasteiger partial charge is 0.344 e. The smallest absolute Gasteiger partial charge is 0.269 e. The summed E-state index contributed by atoms with van der Waals surface area (Å²) in [6.45, 7) is 8.59. The van der Waals surface area contributed by atoms with Crippen LogP contribution in [0.1, 0.15) is 47.3 Å². The summed E-state index contributed by atoms with van der Waals surface area (Å²) in [5, 5.41) is 7.30. The van der Waals surface area contributed by atoms with Crippen LogP contribution < -0.4 is 10.9 Å². The van der Waals surface area contributed by atoms with Crippen molar-refractivity contribution in [2.24, 2.45) is 0 Å². The quantitative estimate of drug-likeness (QED) is 0.881. The molecule has 0 bridgehead atoms. The second-order valence-corrected chi connectivity index (χ2v) is 4.91. The summed E-state index contributed by atoms with van der Waals surface area (Å²) in [6.07, 6.45) is 2.46. The average molecular weight is 289 g/mol. The first-order chi connectivity index (χ1) is 9.93. The van der Waals surface area contributed by atoms with Crippen molar-refractivity contribution in [3.8, 4) is 0 Å². The fourth-order valence-corrected chi connectivity index (χ4v) is 2.48. The van der Waals surface area contributed by atoms with Crippen LogP contribution in [0.2, 0.25) is 0 Å². The van der Waals surface area contributed by atoms with Gasteiger partial charge in [-0.2, -0.15) is 5.10 Å². The highest BCUT2D eigenvalue weighted by Gasteiger charge is 2.19. The van der Waals surface area contributed by atoms with Crippen LogP contribution in [0.4, 0.5) is 0 Å². The molecule has 7 nitrogen and oxygen atoms in total. The molecule has 2 aromatic heterocycles. The molecule has 0 radical (unpaired) electrons. The average Bonchev–Trinajstić information content (AvgIpc) is 2.73. The topological polar surface area (TPSA) is 92.7 Å². The van der Waals surface area contributed by atoms with E-state index in [1.165, 1.54) is 6.20 Å². The van der Waals surface area contributed by atoms with Gasteiger partial charge >= 0.3 is 0 Å². The first kappa shape index (κ1) is 15.0. The second-order valence-electron chi connectivity index (χ2n) is 4.91. The van der Waals surface area contributed by atoms with Crippen molar-refractivity contribution in [2.45, 2.75) is 40.3 Å². The second kappa shape index (κ2) is 5.90. The molecule has 0 aliphatic rings. The Morgan fingerprint density at radius 2 is 2.14 bits per heavy atom. The van der Waals surface area contributed by atoms with Gasteiger partial charge in [0.05, 0.1) is 24.1 Å². The third-order valence-electron chi connectivity index (χ3n) is 3.42. The molecule has 2 heterocycles. The van der Waals surface area contributed by atoms with E-state index in [1.54, 1.807) is 0 Å². The number of aryl methyl sites for hydroxylation is 2. The lowest BCUT2D eigenvalue weighted by molar-refractivity contribution is 0.0934.